The zero-order valence-electron chi connectivity index (χ0n) is 12.0. The lowest BCUT2D eigenvalue weighted by Gasteiger charge is -2.10. The van der Waals surface area contributed by atoms with Gasteiger partial charge in [0.1, 0.15) is 5.75 Å². The number of hydrogen-bond acceptors (Lipinski definition) is 3. The van der Waals surface area contributed by atoms with Gasteiger partial charge < -0.3 is 10.1 Å². The summed E-state index contributed by atoms with van der Waals surface area (Å²) in [5.41, 5.74) is 2.48. The first-order valence-electron chi connectivity index (χ1n) is 6.61. The van der Waals surface area contributed by atoms with Crippen molar-refractivity contribution in [3.05, 3.63) is 47.3 Å². The smallest absolute Gasteiger partial charge is 0.255 e. The monoisotopic (exact) mass is 273 g/mol. The highest BCUT2D eigenvalue weighted by Gasteiger charge is 2.12. The molecule has 20 heavy (non-hydrogen) atoms. The Labute approximate surface area is 118 Å². The Balaban J connectivity index is 2.07. The van der Waals surface area contributed by atoms with Crippen LogP contribution in [0.15, 0.2) is 30.5 Å². The van der Waals surface area contributed by atoms with E-state index in [4.69, 9.17) is 4.74 Å². The van der Waals surface area contributed by atoms with Crippen molar-refractivity contribution in [2.75, 3.05) is 6.61 Å². The van der Waals surface area contributed by atoms with Gasteiger partial charge in [0.25, 0.3) is 5.91 Å². The molecule has 0 unspecified atom stereocenters. The topological polar surface area (TPSA) is 56.1 Å². The van der Waals surface area contributed by atoms with E-state index in [-0.39, 0.29) is 5.91 Å². The van der Waals surface area contributed by atoms with Gasteiger partial charge in [0, 0.05) is 25.4 Å². The summed E-state index contributed by atoms with van der Waals surface area (Å²) in [6.45, 7) is 4.81. The fourth-order valence-corrected chi connectivity index (χ4v) is 2.03. The molecule has 1 heterocycles. The van der Waals surface area contributed by atoms with E-state index in [1.165, 1.54) is 0 Å². The second-order valence-corrected chi connectivity index (χ2v) is 4.53. The van der Waals surface area contributed by atoms with E-state index in [9.17, 15) is 4.79 Å². The Hall–Kier alpha value is -2.30. The Bertz CT molecular complexity index is 605. The highest BCUT2D eigenvalue weighted by atomic mass is 16.5. The highest BCUT2D eigenvalue weighted by molar-refractivity contribution is 5.96. The number of carbonyl (C=O) groups is 1. The third kappa shape index (κ3) is 3.17. The molecule has 0 aliphatic rings. The van der Waals surface area contributed by atoms with E-state index in [0.29, 0.717) is 24.5 Å². The number of rotatable bonds is 5. The SMILES string of the molecule is CCOc1ccccc1C(=O)NCc1cn(C)nc1C. The predicted molar refractivity (Wildman–Crippen MR) is 76.7 cm³/mol. The predicted octanol–water partition coefficient (Wildman–Crippen LogP) is 2.06. The number of benzene rings is 1. The standard InChI is InChI=1S/C15H19N3O2/c1-4-20-14-8-6-5-7-13(14)15(19)16-9-12-10-18(3)17-11(12)2/h5-8,10H,4,9H2,1-3H3,(H,16,19). The van der Waals surface area contributed by atoms with Crippen LogP contribution in [0.5, 0.6) is 5.75 Å². The minimum absolute atomic E-state index is 0.141. The molecule has 1 aromatic heterocycles. The summed E-state index contributed by atoms with van der Waals surface area (Å²) in [6, 6.07) is 7.24. The Morgan fingerprint density at radius 3 is 2.80 bits per heavy atom. The molecule has 0 atom stereocenters. The van der Waals surface area contributed by atoms with Crippen molar-refractivity contribution < 1.29 is 9.53 Å². The number of nitrogens with one attached hydrogen (secondary N) is 1. The lowest BCUT2D eigenvalue weighted by molar-refractivity contribution is 0.0947. The van der Waals surface area contributed by atoms with Gasteiger partial charge in [0.15, 0.2) is 0 Å². The van der Waals surface area contributed by atoms with Gasteiger partial charge in [-0.1, -0.05) is 12.1 Å². The first-order valence-corrected chi connectivity index (χ1v) is 6.61. The molecule has 5 nitrogen and oxygen atoms in total. The summed E-state index contributed by atoms with van der Waals surface area (Å²) < 4.78 is 7.20. The van der Waals surface area contributed by atoms with Crippen molar-refractivity contribution >= 4 is 5.91 Å². The van der Waals surface area contributed by atoms with Crippen molar-refractivity contribution in [1.29, 1.82) is 0 Å². The van der Waals surface area contributed by atoms with Crippen LogP contribution in [-0.4, -0.2) is 22.3 Å². The number of aromatic nitrogens is 2. The van der Waals surface area contributed by atoms with Crippen LogP contribution in [0.25, 0.3) is 0 Å². The van der Waals surface area contributed by atoms with Crippen LogP contribution in [0.4, 0.5) is 0 Å². The number of amides is 1. The fraction of sp³-hybridized carbons (Fsp3) is 0.333. The maximum absolute atomic E-state index is 12.2. The lowest BCUT2D eigenvalue weighted by atomic mass is 10.2. The highest BCUT2D eigenvalue weighted by Crippen LogP contribution is 2.18. The molecule has 1 N–H and O–H groups in total. The molecule has 0 saturated heterocycles. The van der Waals surface area contributed by atoms with Gasteiger partial charge in [-0.3, -0.25) is 9.48 Å². The summed E-state index contributed by atoms with van der Waals surface area (Å²) in [5, 5.41) is 7.15. The van der Waals surface area contributed by atoms with E-state index in [1.807, 2.05) is 39.2 Å². The van der Waals surface area contributed by atoms with Gasteiger partial charge in [-0.2, -0.15) is 5.10 Å². The molecule has 0 fully saturated rings. The third-order valence-corrected chi connectivity index (χ3v) is 2.99. The van der Waals surface area contributed by atoms with Crippen LogP contribution < -0.4 is 10.1 Å². The summed E-state index contributed by atoms with van der Waals surface area (Å²) in [6.07, 6.45) is 1.91. The number of ether oxygens (including phenoxy) is 1. The van der Waals surface area contributed by atoms with Gasteiger partial charge in [-0.15, -0.1) is 0 Å². The molecule has 2 aromatic rings. The zero-order valence-corrected chi connectivity index (χ0v) is 12.0. The molecular weight excluding hydrogens is 254 g/mol. The second-order valence-electron chi connectivity index (χ2n) is 4.53. The minimum atomic E-state index is -0.141. The first-order chi connectivity index (χ1) is 9.61. The van der Waals surface area contributed by atoms with E-state index in [1.54, 1.807) is 16.8 Å². The molecule has 0 radical (unpaired) electrons. The van der Waals surface area contributed by atoms with E-state index < -0.39 is 0 Å². The van der Waals surface area contributed by atoms with E-state index in [2.05, 4.69) is 10.4 Å². The molecular formula is C15H19N3O2. The van der Waals surface area contributed by atoms with Crippen molar-refractivity contribution in [2.24, 2.45) is 7.05 Å². The normalized spacial score (nSPS) is 10.3. The van der Waals surface area contributed by atoms with Gasteiger partial charge in [0.05, 0.1) is 17.9 Å². The molecule has 0 spiro atoms. The average molecular weight is 273 g/mol. The van der Waals surface area contributed by atoms with Crippen LogP contribution in [0.3, 0.4) is 0 Å². The lowest BCUT2D eigenvalue weighted by Crippen LogP contribution is -2.23. The van der Waals surface area contributed by atoms with Crippen LogP contribution in [0.2, 0.25) is 0 Å². The number of carbonyl (C=O) groups excluding carboxylic acids is 1. The van der Waals surface area contributed by atoms with Gasteiger partial charge >= 0.3 is 0 Å². The van der Waals surface area contributed by atoms with Gasteiger partial charge in [0.2, 0.25) is 0 Å². The molecule has 106 valence electrons. The quantitative estimate of drug-likeness (QED) is 0.907. The molecule has 1 aromatic carbocycles. The third-order valence-electron chi connectivity index (χ3n) is 2.99. The molecule has 0 saturated carbocycles. The van der Waals surface area contributed by atoms with Crippen LogP contribution in [-0.2, 0) is 13.6 Å². The van der Waals surface area contributed by atoms with Crippen molar-refractivity contribution in [3.8, 4) is 5.75 Å². The molecule has 2 rings (SSSR count). The largest absolute Gasteiger partial charge is 0.493 e. The summed E-state index contributed by atoms with van der Waals surface area (Å²) in [7, 11) is 1.86. The summed E-state index contributed by atoms with van der Waals surface area (Å²) in [5.74, 6) is 0.465. The minimum Gasteiger partial charge on any atom is -0.493 e. The molecule has 1 amide bonds. The van der Waals surface area contributed by atoms with Crippen LogP contribution >= 0.6 is 0 Å². The van der Waals surface area contributed by atoms with E-state index in [0.717, 1.165) is 11.3 Å². The molecule has 0 aliphatic heterocycles. The molecule has 0 aliphatic carbocycles. The zero-order chi connectivity index (χ0) is 14.5. The molecule has 5 heteroatoms. The van der Waals surface area contributed by atoms with Crippen molar-refractivity contribution in [1.82, 2.24) is 15.1 Å². The number of nitrogens with zero attached hydrogens (tertiary/aromatic N) is 2. The van der Waals surface area contributed by atoms with Gasteiger partial charge in [-0.05, 0) is 26.0 Å². The van der Waals surface area contributed by atoms with Crippen molar-refractivity contribution in [2.45, 2.75) is 20.4 Å². The first kappa shape index (κ1) is 14.1. The maximum atomic E-state index is 12.2. The average Bonchev–Trinajstić information content (AvgIpc) is 2.75. The number of hydrogen-bond donors (Lipinski definition) is 1. The Morgan fingerprint density at radius 2 is 2.15 bits per heavy atom. The number of aryl methyl sites for hydroxylation is 2. The summed E-state index contributed by atoms with van der Waals surface area (Å²) in [4.78, 5) is 12.2. The van der Waals surface area contributed by atoms with Crippen molar-refractivity contribution in [3.63, 3.8) is 0 Å². The maximum Gasteiger partial charge on any atom is 0.255 e. The van der Waals surface area contributed by atoms with Crippen LogP contribution in [0, 0.1) is 6.92 Å². The molecule has 0 bridgehead atoms. The Morgan fingerprint density at radius 1 is 1.40 bits per heavy atom. The fourth-order valence-electron chi connectivity index (χ4n) is 2.03. The Kier molecular flexibility index (Phi) is 4.40. The second kappa shape index (κ2) is 6.23. The van der Waals surface area contributed by atoms with E-state index >= 15 is 0 Å². The number of para-hydroxylation sites is 1. The van der Waals surface area contributed by atoms with Gasteiger partial charge in [-0.25, -0.2) is 0 Å². The summed E-state index contributed by atoms with van der Waals surface area (Å²) >= 11 is 0. The van der Waals surface area contributed by atoms with Crippen LogP contribution in [0.1, 0.15) is 28.5 Å².